The molecule has 1 unspecified atom stereocenters. The smallest absolute Gasteiger partial charge is 0.0945 e. The Balaban J connectivity index is 2.23. The van der Waals surface area contributed by atoms with Gasteiger partial charge in [0.2, 0.25) is 0 Å². The number of aliphatic hydroxyl groups is 1. The molecule has 0 bridgehead atoms. The van der Waals surface area contributed by atoms with Crippen LogP contribution < -0.4 is 0 Å². The van der Waals surface area contributed by atoms with E-state index >= 15 is 0 Å². The van der Waals surface area contributed by atoms with Gasteiger partial charge in [0.25, 0.3) is 0 Å². The Morgan fingerprint density at radius 3 is 3.23 bits per heavy atom. The van der Waals surface area contributed by atoms with Crippen LogP contribution in [0.5, 0.6) is 0 Å². The lowest BCUT2D eigenvalue weighted by Crippen LogP contribution is -2.15. The van der Waals surface area contributed by atoms with E-state index in [0.29, 0.717) is 6.61 Å². The highest BCUT2D eigenvalue weighted by molar-refractivity contribution is 4.99. The number of aromatic nitrogens is 3. The molecule has 0 aliphatic carbocycles. The summed E-state index contributed by atoms with van der Waals surface area (Å²) >= 11 is 0. The van der Waals surface area contributed by atoms with Gasteiger partial charge in [-0.15, -0.1) is 5.10 Å². The molecule has 1 fully saturated rings. The first kappa shape index (κ1) is 8.65. The Hall–Kier alpha value is -0.940. The average Bonchev–Trinajstić information content (AvgIpc) is 2.74. The summed E-state index contributed by atoms with van der Waals surface area (Å²) in [6, 6.07) is 0.243. The summed E-state index contributed by atoms with van der Waals surface area (Å²) in [7, 11) is 0. The molecule has 1 aliphatic rings. The van der Waals surface area contributed by atoms with Gasteiger partial charge in [-0.25, -0.2) is 4.68 Å². The lowest BCUT2D eigenvalue weighted by Gasteiger charge is -2.12. The lowest BCUT2D eigenvalue weighted by molar-refractivity contribution is 0.168. The fraction of sp³-hybridized carbons (Fsp3) is 0.750. The maximum Gasteiger partial charge on any atom is 0.0945 e. The molecule has 0 radical (unpaired) electrons. The van der Waals surface area contributed by atoms with Crippen molar-refractivity contribution in [2.75, 3.05) is 13.2 Å². The standard InChI is InChI=1S/C8H13N3O2/c1-6(12)8-4-9-10-11(8)7-2-3-13-5-7/h4,6-7,12H,2-3,5H2,1H3/t6-,7?/m0/s1. The Kier molecular flexibility index (Phi) is 2.28. The SMILES string of the molecule is C[C@H](O)c1cnnn1C1CCOC1. The largest absolute Gasteiger partial charge is 0.387 e. The minimum absolute atomic E-state index is 0.243. The van der Waals surface area contributed by atoms with Crippen LogP contribution in [-0.4, -0.2) is 33.3 Å². The van der Waals surface area contributed by atoms with Crippen LogP contribution in [0.15, 0.2) is 6.20 Å². The van der Waals surface area contributed by atoms with Crippen LogP contribution in [0.4, 0.5) is 0 Å². The van der Waals surface area contributed by atoms with Gasteiger partial charge in [-0.05, 0) is 13.3 Å². The van der Waals surface area contributed by atoms with Crippen LogP contribution in [0.1, 0.15) is 31.2 Å². The molecule has 0 aromatic carbocycles. The molecule has 1 aromatic heterocycles. The molecule has 0 saturated carbocycles. The van der Waals surface area contributed by atoms with Crippen molar-refractivity contribution in [2.24, 2.45) is 0 Å². The third-order valence-corrected chi connectivity index (χ3v) is 2.28. The Labute approximate surface area is 76.3 Å². The first-order valence-corrected chi connectivity index (χ1v) is 4.45. The van der Waals surface area contributed by atoms with E-state index in [0.717, 1.165) is 18.7 Å². The van der Waals surface area contributed by atoms with Gasteiger partial charge in [0, 0.05) is 6.61 Å². The van der Waals surface area contributed by atoms with E-state index in [9.17, 15) is 5.11 Å². The molecule has 0 spiro atoms. The minimum atomic E-state index is -0.518. The van der Waals surface area contributed by atoms with Crippen molar-refractivity contribution in [3.8, 4) is 0 Å². The number of hydrogen-bond acceptors (Lipinski definition) is 4. The van der Waals surface area contributed by atoms with E-state index in [1.165, 1.54) is 0 Å². The molecular weight excluding hydrogens is 170 g/mol. The van der Waals surface area contributed by atoms with Crippen molar-refractivity contribution in [3.63, 3.8) is 0 Å². The summed E-state index contributed by atoms with van der Waals surface area (Å²) in [5.74, 6) is 0. The highest BCUT2D eigenvalue weighted by Gasteiger charge is 2.22. The second-order valence-electron chi connectivity index (χ2n) is 3.30. The van der Waals surface area contributed by atoms with Gasteiger partial charge in [-0.1, -0.05) is 5.21 Å². The van der Waals surface area contributed by atoms with Crippen LogP contribution in [0.2, 0.25) is 0 Å². The maximum atomic E-state index is 9.41. The number of nitrogens with zero attached hydrogens (tertiary/aromatic N) is 3. The summed E-state index contributed by atoms with van der Waals surface area (Å²) in [6.45, 7) is 3.15. The molecule has 2 rings (SSSR count). The third kappa shape index (κ3) is 1.57. The number of aliphatic hydroxyl groups excluding tert-OH is 1. The van der Waals surface area contributed by atoms with Crippen molar-refractivity contribution < 1.29 is 9.84 Å². The molecule has 2 atom stereocenters. The highest BCUT2D eigenvalue weighted by Crippen LogP contribution is 2.21. The molecule has 1 aliphatic heterocycles. The molecule has 1 aromatic rings. The van der Waals surface area contributed by atoms with Crippen LogP contribution in [0.25, 0.3) is 0 Å². The average molecular weight is 183 g/mol. The predicted molar refractivity (Wildman–Crippen MR) is 45.1 cm³/mol. The van der Waals surface area contributed by atoms with Crippen molar-refractivity contribution in [1.29, 1.82) is 0 Å². The van der Waals surface area contributed by atoms with Gasteiger partial charge >= 0.3 is 0 Å². The van der Waals surface area contributed by atoms with E-state index in [4.69, 9.17) is 4.74 Å². The molecule has 72 valence electrons. The quantitative estimate of drug-likeness (QED) is 0.716. The van der Waals surface area contributed by atoms with E-state index in [-0.39, 0.29) is 6.04 Å². The molecule has 1 N–H and O–H groups in total. The number of hydrogen-bond donors (Lipinski definition) is 1. The predicted octanol–water partition coefficient (Wildman–Crippen LogP) is 0.293. The van der Waals surface area contributed by atoms with E-state index in [2.05, 4.69) is 10.3 Å². The van der Waals surface area contributed by atoms with E-state index in [1.807, 2.05) is 0 Å². The molecule has 5 heteroatoms. The van der Waals surface area contributed by atoms with Gasteiger partial charge in [-0.3, -0.25) is 0 Å². The summed E-state index contributed by atoms with van der Waals surface area (Å²) in [5, 5.41) is 17.1. The zero-order chi connectivity index (χ0) is 9.26. The first-order valence-electron chi connectivity index (χ1n) is 4.45. The van der Waals surface area contributed by atoms with Crippen molar-refractivity contribution in [1.82, 2.24) is 15.0 Å². The van der Waals surface area contributed by atoms with E-state index < -0.39 is 6.10 Å². The number of rotatable bonds is 2. The van der Waals surface area contributed by atoms with Gasteiger partial charge in [-0.2, -0.15) is 0 Å². The normalized spacial score (nSPS) is 24.9. The van der Waals surface area contributed by atoms with Crippen molar-refractivity contribution >= 4 is 0 Å². The summed E-state index contributed by atoms with van der Waals surface area (Å²) in [4.78, 5) is 0. The summed E-state index contributed by atoms with van der Waals surface area (Å²) < 4.78 is 7.01. The molecule has 5 nitrogen and oxygen atoms in total. The van der Waals surface area contributed by atoms with Gasteiger partial charge in [0.05, 0.1) is 30.6 Å². The Morgan fingerprint density at radius 1 is 1.77 bits per heavy atom. The lowest BCUT2D eigenvalue weighted by atomic mass is 10.2. The Bertz CT molecular complexity index is 279. The fourth-order valence-corrected chi connectivity index (χ4v) is 1.55. The van der Waals surface area contributed by atoms with Crippen LogP contribution in [-0.2, 0) is 4.74 Å². The van der Waals surface area contributed by atoms with Crippen molar-refractivity contribution in [2.45, 2.75) is 25.5 Å². The van der Waals surface area contributed by atoms with Crippen LogP contribution in [0.3, 0.4) is 0 Å². The van der Waals surface area contributed by atoms with E-state index in [1.54, 1.807) is 17.8 Å². The van der Waals surface area contributed by atoms with Crippen LogP contribution in [0, 0.1) is 0 Å². The molecule has 1 saturated heterocycles. The van der Waals surface area contributed by atoms with Gasteiger partial charge in [0.1, 0.15) is 0 Å². The maximum absolute atomic E-state index is 9.41. The zero-order valence-electron chi connectivity index (χ0n) is 7.55. The molecule has 13 heavy (non-hydrogen) atoms. The van der Waals surface area contributed by atoms with Gasteiger partial charge < -0.3 is 9.84 Å². The molecular formula is C8H13N3O2. The van der Waals surface area contributed by atoms with Crippen molar-refractivity contribution in [3.05, 3.63) is 11.9 Å². The van der Waals surface area contributed by atoms with Crippen LogP contribution >= 0.6 is 0 Å². The van der Waals surface area contributed by atoms with Gasteiger partial charge in [0.15, 0.2) is 0 Å². The minimum Gasteiger partial charge on any atom is -0.387 e. The second-order valence-corrected chi connectivity index (χ2v) is 3.30. The summed E-state index contributed by atoms with van der Waals surface area (Å²) in [5.41, 5.74) is 0.760. The Morgan fingerprint density at radius 2 is 2.62 bits per heavy atom. The highest BCUT2D eigenvalue weighted by atomic mass is 16.5. The summed E-state index contributed by atoms with van der Waals surface area (Å²) in [6.07, 6.45) is 2.03. The topological polar surface area (TPSA) is 60.2 Å². The first-order chi connectivity index (χ1) is 6.29. The third-order valence-electron chi connectivity index (χ3n) is 2.28. The monoisotopic (exact) mass is 183 g/mol. The number of ether oxygens (including phenoxy) is 1. The second kappa shape index (κ2) is 3.43. The molecule has 0 amide bonds. The fourth-order valence-electron chi connectivity index (χ4n) is 1.55. The molecule has 2 heterocycles. The zero-order valence-corrected chi connectivity index (χ0v) is 7.55.